The van der Waals surface area contributed by atoms with E-state index in [1.807, 2.05) is 0 Å². The minimum Gasteiger partial charge on any atom is -0.327 e. The second-order valence-corrected chi connectivity index (χ2v) is 5.60. The Labute approximate surface area is 113 Å². The standard InChI is InChI=1S/C11H15BrN2O2S/c1-2-9(13)7-17-6-8-3-4-10(14(15)16)5-11(8)12/h3-5,9H,2,6-7,13H2,1H3. The van der Waals surface area contributed by atoms with Crippen LogP contribution in [0.5, 0.6) is 0 Å². The molecular weight excluding hydrogens is 304 g/mol. The normalized spacial score (nSPS) is 12.4. The maximum atomic E-state index is 10.6. The lowest BCUT2D eigenvalue weighted by Crippen LogP contribution is -2.21. The number of nitro groups is 1. The Morgan fingerprint density at radius 1 is 1.59 bits per heavy atom. The number of nitrogens with two attached hydrogens (primary N) is 1. The van der Waals surface area contributed by atoms with E-state index in [0.717, 1.165) is 28.0 Å². The van der Waals surface area contributed by atoms with E-state index in [-0.39, 0.29) is 11.7 Å². The lowest BCUT2D eigenvalue weighted by Gasteiger charge is -2.08. The largest absolute Gasteiger partial charge is 0.327 e. The Balaban J connectivity index is 2.57. The van der Waals surface area contributed by atoms with Crippen molar-refractivity contribution in [2.75, 3.05) is 5.75 Å². The summed E-state index contributed by atoms with van der Waals surface area (Å²) in [6, 6.07) is 5.07. The van der Waals surface area contributed by atoms with Crippen LogP contribution in [0.15, 0.2) is 22.7 Å². The molecular formula is C11H15BrN2O2S. The van der Waals surface area contributed by atoms with Crippen molar-refractivity contribution in [3.63, 3.8) is 0 Å². The summed E-state index contributed by atoms with van der Waals surface area (Å²) in [4.78, 5) is 10.2. The van der Waals surface area contributed by atoms with Crippen LogP contribution >= 0.6 is 27.7 Å². The Kier molecular flexibility index (Phi) is 5.94. The van der Waals surface area contributed by atoms with Crippen molar-refractivity contribution in [2.24, 2.45) is 5.73 Å². The fraction of sp³-hybridized carbons (Fsp3) is 0.455. The third kappa shape index (κ3) is 4.65. The van der Waals surface area contributed by atoms with Crippen molar-refractivity contribution in [3.8, 4) is 0 Å². The first-order chi connectivity index (χ1) is 8.04. The van der Waals surface area contributed by atoms with Gasteiger partial charge in [0.2, 0.25) is 0 Å². The van der Waals surface area contributed by atoms with Crippen molar-refractivity contribution < 1.29 is 4.92 Å². The van der Waals surface area contributed by atoms with E-state index in [2.05, 4.69) is 22.9 Å². The summed E-state index contributed by atoms with van der Waals surface area (Å²) < 4.78 is 0.782. The van der Waals surface area contributed by atoms with Gasteiger partial charge >= 0.3 is 0 Å². The van der Waals surface area contributed by atoms with Gasteiger partial charge in [-0.05, 0) is 12.0 Å². The molecule has 4 nitrogen and oxygen atoms in total. The van der Waals surface area contributed by atoms with Crippen molar-refractivity contribution in [3.05, 3.63) is 38.3 Å². The molecule has 0 aliphatic rings. The topological polar surface area (TPSA) is 69.2 Å². The number of rotatable bonds is 6. The van der Waals surface area contributed by atoms with Gasteiger partial charge in [-0.1, -0.05) is 28.9 Å². The van der Waals surface area contributed by atoms with Crippen LogP contribution in [-0.2, 0) is 5.75 Å². The van der Waals surface area contributed by atoms with Gasteiger partial charge in [0.05, 0.1) is 4.92 Å². The maximum absolute atomic E-state index is 10.6. The molecule has 0 aliphatic carbocycles. The minimum atomic E-state index is -0.394. The highest BCUT2D eigenvalue weighted by Gasteiger charge is 2.09. The van der Waals surface area contributed by atoms with E-state index in [0.29, 0.717) is 0 Å². The van der Waals surface area contributed by atoms with Crippen LogP contribution in [0.3, 0.4) is 0 Å². The van der Waals surface area contributed by atoms with E-state index in [1.165, 1.54) is 12.1 Å². The van der Waals surface area contributed by atoms with Gasteiger partial charge in [-0.15, -0.1) is 0 Å². The van der Waals surface area contributed by atoms with Crippen molar-refractivity contribution in [1.29, 1.82) is 0 Å². The summed E-state index contributed by atoms with van der Waals surface area (Å²) in [5.41, 5.74) is 6.98. The van der Waals surface area contributed by atoms with E-state index in [4.69, 9.17) is 5.73 Å². The third-order valence-corrected chi connectivity index (χ3v) is 4.28. The fourth-order valence-corrected chi connectivity index (χ4v) is 3.03. The third-order valence-electron chi connectivity index (χ3n) is 2.36. The Bertz CT molecular complexity index is 401. The fourth-order valence-electron chi connectivity index (χ4n) is 1.20. The number of benzene rings is 1. The highest BCUT2D eigenvalue weighted by Crippen LogP contribution is 2.26. The molecule has 6 heteroatoms. The van der Waals surface area contributed by atoms with Crippen molar-refractivity contribution in [1.82, 2.24) is 0 Å². The zero-order valence-corrected chi connectivity index (χ0v) is 12.0. The lowest BCUT2D eigenvalue weighted by atomic mass is 10.2. The van der Waals surface area contributed by atoms with Gasteiger partial charge in [0.25, 0.3) is 5.69 Å². The number of hydrogen-bond donors (Lipinski definition) is 1. The molecule has 0 aliphatic heterocycles. The lowest BCUT2D eigenvalue weighted by molar-refractivity contribution is -0.384. The van der Waals surface area contributed by atoms with Gasteiger partial charge in [0.1, 0.15) is 0 Å². The van der Waals surface area contributed by atoms with Gasteiger partial charge in [-0.2, -0.15) is 11.8 Å². The van der Waals surface area contributed by atoms with Gasteiger partial charge in [-0.3, -0.25) is 10.1 Å². The number of non-ortho nitro benzene ring substituents is 1. The average Bonchev–Trinajstić information content (AvgIpc) is 2.30. The van der Waals surface area contributed by atoms with Crippen LogP contribution in [0.4, 0.5) is 5.69 Å². The van der Waals surface area contributed by atoms with E-state index in [9.17, 15) is 10.1 Å². The zero-order chi connectivity index (χ0) is 12.8. The van der Waals surface area contributed by atoms with Crippen LogP contribution in [0.2, 0.25) is 0 Å². The molecule has 0 amide bonds. The summed E-state index contributed by atoms with van der Waals surface area (Å²) in [6.07, 6.45) is 0.967. The first-order valence-electron chi connectivity index (χ1n) is 5.30. The van der Waals surface area contributed by atoms with Crippen molar-refractivity contribution in [2.45, 2.75) is 25.1 Å². The van der Waals surface area contributed by atoms with E-state index in [1.54, 1.807) is 17.8 Å². The molecule has 94 valence electrons. The smallest absolute Gasteiger partial charge is 0.270 e. The molecule has 17 heavy (non-hydrogen) atoms. The van der Waals surface area contributed by atoms with Gasteiger partial charge < -0.3 is 5.73 Å². The predicted molar refractivity (Wildman–Crippen MR) is 75.2 cm³/mol. The molecule has 0 aromatic heterocycles. The number of thioether (sulfide) groups is 1. The SMILES string of the molecule is CCC(N)CSCc1ccc([N+](=O)[O-])cc1Br. The molecule has 2 N–H and O–H groups in total. The molecule has 0 spiro atoms. The minimum absolute atomic E-state index is 0.107. The van der Waals surface area contributed by atoms with Gasteiger partial charge in [-0.25, -0.2) is 0 Å². The van der Waals surface area contributed by atoms with Crippen LogP contribution in [0, 0.1) is 10.1 Å². The zero-order valence-electron chi connectivity index (χ0n) is 9.56. The molecule has 1 atom stereocenters. The molecule has 0 saturated heterocycles. The Morgan fingerprint density at radius 3 is 2.82 bits per heavy atom. The Hall–Kier alpha value is -0.590. The van der Waals surface area contributed by atoms with Gasteiger partial charge in [0.15, 0.2) is 0 Å². The maximum Gasteiger partial charge on any atom is 0.270 e. The second-order valence-electron chi connectivity index (χ2n) is 3.72. The summed E-state index contributed by atoms with van der Waals surface area (Å²) in [5, 5.41) is 10.6. The van der Waals surface area contributed by atoms with E-state index >= 15 is 0 Å². The first kappa shape index (κ1) is 14.5. The number of nitrogens with zero attached hydrogens (tertiary/aromatic N) is 1. The highest BCUT2D eigenvalue weighted by atomic mass is 79.9. The Morgan fingerprint density at radius 2 is 2.29 bits per heavy atom. The molecule has 0 bridgehead atoms. The number of hydrogen-bond acceptors (Lipinski definition) is 4. The first-order valence-corrected chi connectivity index (χ1v) is 7.25. The summed E-state index contributed by atoms with van der Waals surface area (Å²) >= 11 is 5.09. The molecule has 1 rings (SSSR count). The summed E-state index contributed by atoms with van der Waals surface area (Å²) in [7, 11) is 0. The number of nitro benzene ring substituents is 1. The van der Waals surface area contributed by atoms with Crippen LogP contribution < -0.4 is 5.73 Å². The van der Waals surface area contributed by atoms with Gasteiger partial charge in [0, 0.05) is 34.2 Å². The summed E-state index contributed by atoms with van der Waals surface area (Å²) in [6.45, 7) is 2.06. The van der Waals surface area contributed by atoms with Crippen LogP contribution in [0.1, 0.15) is 18.9 Å². The number of halogens is 1. The average molecular weight is 319 g/mol. The van der Waals surface area contributed by atoms with Crippen LogP contribution in [-0.4, -0.2) is 16.7 Å². The summed E-state index contributed by atoms with van der Waals surface area (Å²) in [5.74, 6) is 1.71. The van der Waals surface area contributed by atoms with E-state index < -0.39 is 4.92 Å². The monoisotopic (exact) mass is 318 g/mol. The highest BCUT2D eigenvalue weighted by molar-refractivity contribution is 9.10. The molecule has 1 unspecified atom stereocenters. The second kappa shape index (κ2) is 6.98. The molecule has 0 fully saturated rings. The molecule has 1 aromatic carbocycles. The quantitative estimate of drug-likeness (QED) is 0.645. The molecule has 0 saturated carbocycles. The molecule has 0 heterocycles. The van der Waals surface area contributed by atoms with Crippen LogP contribution in [0.25, 0.3) is 0 Å². The molecule has 1 aromatic rings. The van der Waals surface area contributed by atoms with Crippen molar-refractivity contribution >= 4 is 33.4 Å². The molecule has 0 radical (unpaired) electrons. The predicted octanol–water partition coefficient (Wildman–Crippen LogP) is 3.33.